The van der Waals surface area contributed by atoms with Gasteiger partial charge in [-0.3, -0.25) is 9.78 Å². The Morgan fingerprint density at radius 2 is 2.17 bits per heavy atom. The molecule has 0 unspecified atom stereocenters. The molecule has 2 rings (SSSR count). The highest BCUT2D eigenvalue weighted by atomic mass is 19.4. The zero-order valence-corrected chi connectivity index (χ0v) is 12.5. The van der Waals surface area contributed by atoms with Crippen molar-refractivity contribution in [1.82, 2.24) is 15.2 Å². The topological polar surface area (TPSA) is 91.8 Å². The van der Waals surface area contributed by atoms with Crippen molar-refractivity contribution in [2.75, 3.05) is 26.2 Å². The minimum absolute atomic E-state index is 0.0681. The van der Waals surface area contributed by atoms with E-state index >= 15 is 0 Å². The van der Waals surface area contributed by atoms with Gasteiger partial charge in [-0.15, -0.1) is 0 Å². The number of amides is 2. The van der Waals surface area contributed by atoms with Crippen LogP contribution in [0.2, 0.25) is 0 Å². The molecular weight excluding hydrogens is 331 g/mol. The maximum atomic E-state index is 12.9. The molecule has 0 radical (unpaired) electrons. The summed E-state index contributed by atoms with van der Waals surface area (Å²) in [6, 6.07) is 2.59. The molecule has 2 N–H and O–H groups in total. The fourth-order valence-electron chi connectivity index (χ4n) is 2.42. The third-order valence-electron chi connectivity index (χ3n) is 3.63. The number of nitrogens with zero attached hydrogens (tertiary/aromatic N) is 2. The molecule has 1 aliphatic rings. The number of alkyl halides is 3. The SMILES string of the molecule is O=C(O)[C@@H]1CN(C(=O)NCCOc2cccnc2)C[C@H]1C(F)(F)F. The zero-order valence-electron chi connectivity index (χ0n) is 12.5. The first kappa shape index (κ1) is 17.8. The van der Waals surface area contributed by atoms with Crippen LogP contribution in [0.3, 0.4) is 0 Å². The summed E-state index contributed by atoms with van der Waals surface area (Å²) in [4.78, 5) is 27.5. The van der Waals surface area contributed by atoms with Crippen LogP contribution < -0.4 is 10.1 Å². The number of nitrogens with one attached hydrogen (secondary N) is 1. The number of aromatic nitrogens is 1. The summed E-state index contributed by atoms with van der Waals surface area (Å²) in [6.07, 6.45) is -1.62. The lowest BCUT2D eigenvalue weighted by Gasteiger charge is -2.18. The van der Waals surface area contributed by atoms with Gasteiger partial charge < -0.3 is 20.1 Å². The Bertz CT molecular complexity index is 582. The largest absolute Gasteiger partial charge is 0.490 e. The van der Waals surface area contributed by atoms with E-state index in [1.165, 1.54) is 6.20 Å². The van der Waals surface area contributed by atoms with Crippen LogP contribution >= 0.6 is 0 Å². The van der Waals surface area contributed by atoms with Gasteiger partial charge in [0.1, 0.15) is 12.4 Å². The first-order valence-electron chi connectivity index (χ1n) is 7.14. The Labute approximate surface area is 135 Å². The summed E-state index contributed by atoms with van der Waals surface area (Å²) in [5, 5.41) is 11.3. The molecule has 1 aromatic heterocycles. The lowest BCUT2D eigenvalue weighted by Crippen LogP contribution is -2.41. The molecule has 2 atom stereocenters. The Hall–Kier alpha value is -2.52. The lowest BCUT2D eigenvalue weighted by atomic mass is 9.96. The molecule has 1 aromatic rings. The molecule has 1 aliphatic heterocycles. The van der Waals surface area contributed by atoms with Gasteiger partial charge in [0.25, 0.3) is 0 Å². The normalized spacial score (nSPS) is 20.7. The molecule has 0 spiro atoms. The van der Waals surface area contributed by atoms with Gasteiger partial charge in [-0.1, -0.05) is 0 Å². The standard InChI is InChI=1S/C14H16F3N3O4/c15-14(16,17)11-8-20(7-10(11)12(21)22)13(23)19-4-5-24-9-2-1-3-18-6-9/h1-3,6,10-11H,4-5,7-8H2,(H,19,23)(H,21,22)/t10-,11-/m1/s1. The average molecular weight is 347 g/mol. The number of hydrogen-bond donors (Lipinski definition) is 2. The van der Waals surface area contributed by atoms with Gasteiger partial charge in [-0.25, -0.2) is 4.79 Å². The molecule has 0 aliphatic carbocycles. The van der Waals surface area contributed by atoms with Crippen molar-refractivity contribution in [3.63, 3.8) is 0 Å². The molecule has 0 bridgehead atoms. The van der Waals surface area contributed by atoms with Crippen LogP contribution in [0.15, 0.2) is 24.5 Å². The van der Waals surface area contributed by atoms with E-state index < -0.39 is 43.1 Å². The number of urea groups is 1. The molecule has 0 saturated carbocycles. The third-order valence-corrected chi connectivity index (χ3v) is 3.63. The van der Waals surface area contributed by atoms with E-state index in [0.29, 0.717) is 5.75 Å². The number of likely N-dealkylation sites (tertiary alicyclic amines) is 1. The Morgan fingerprint density at radius 1 is 1.42 bits per heavy atom. The van der Waals surface area contributed by atoms with Gasteiger partial charge in [0.05, 0.1) is 24.6 Å². The highest BCUT2D eigenvalue weighted by Gasteiger charge is 2.53. The summed E-state index contributed by atoms with van der Waals surface area (Å²) in [7, 11) is 0. The molecule has 0 aromatic carbocycles. The number of halogens is 3. The number of ether oxygens (including phenoxy) is 1. The Balaban J connectivity index is 1.81. The summed E-state index contributed by atoms with van der Waals surface area (Å²) >= 11 is 0. The van der Waals surface area contributed by atoms with Crippen molar-refractivity contribution in [3.05, 3.63) is 24.5 Å². The third kappa shape index (κ3) is 4.49. The molecule has 2 heterocycles. The molecule has 2 amide bonds. The fourth-order valence-corrected chi connectivity index (χ4v) is 2.42. The minimum Gasteiger partial charge on any atom is -0.490 e. The molecule has 24 heavy (non-hydrogen) atoms. The quantitative estimate of drug-likeness (QED) is 0.785. The number of aliphatic carboxylic acids is 1. The van der Waals surface area contributed by atoms with E-state index in [9.17, 15) is 22.8 Å². The van der Waals surface area contributed by atoms with E-state index in [2.05, 4.69) is 10.3 Å². The summed E-state index contributed by atoms with van der Waals surface area (Å²) in [5.41, 5.74) is 0. The minimum atomic E-state index is -4.67. The number of carboxylic acids is 1. The van der Waals surface area contributed by atoms with Crippen LogP contribution in [0, 0.1) is 11.8 Å². The maximum Gasteiger partial charge on any atom is 0.394 e. The highest BCUT2D eigenvalue weighted by Crippen LogP contribution is 2.37. The number of hydrogen-bond acceptors (Lipinski definition) is 4. The van der Waals surface area contributed by atoms with Crippen LogP contribution in [0.4, 0.5) is 18.0 Å². The Kier molecular flexibility index (Phi) is 5.47. The molecular formula is C14H16F3N3O4. The highest BCUT2D eigenvalue weighted by molar-refractivity contribution is 5.77. The van der Waals surface area contributed by atoms with Crippen molar-refractivity contribution in [2.24, 2.45) is 11.8 Å². The van der Waals surface area contributed by atoms with Crippen LogP contribution in [0.1, 0.15) is 0 Å². The van der Waals surface area contributed by atoms with Crippen LogP contribution in [0.5, 0.6) is 5.75 Å². The van der Waals surface area contributed by atoms with Gasteiger partial charge in [0, 0.05) is 19.3 Å². The zero-order chi connectivity index (χ0) is 17.7. The molecule has 7 nitrogen and oxygen atoms in total. The monoisotopic (exact) mass is 347 g/mol. The van der Waals surface area contributed by atoms with Crippen LogP contribution in [-0.4, -0.2) is 59.4 Å². The molecule has 1 fully saturated rings. The van der Waals surface area contributed by atoms with E-state index in [1.807, 2.05) is 0 Å². The average Bonchev–Trinajstić information content (AvgIpc) is 2.98. The molecule has 132 valence electrons. The predicted molar refractivity (Wildman–Crippen MR) is 75.4 cm³/mol. The van der Waals surface area contributed by atoms with Crippen LogP contribution in [0.25, 0.3) is 0 Å². The second-order valence-corrected chi connectivity index (χ2v) is 5.27. The van der Waals surface area contributed by atoms with Crippen molar-refractivity contribution >= 4 is 12.0 Å². The lowest BCUT2D eigenvalue weighted by molar-refractivity contribution is -0.187. The van der Waals surface area contributed by atoms with E-state index in [-0.39, 0.29) is 13.2 Å². The van der Waals surface area contributed by atoms with Crippen molar-refractivity contribution in [3.8, 4) is 5.75 Å². The van der Waals surface area contributed by atoms with Gasteiger partial charge in [0.15, 0.2) is 0 Å². The number of carbonyl (C=O) groups excluding carboxylic acids is 1. The maximum absolute atomic E-state index is 12.9. The fraction of sp³-hybridized carbons (Fsp3) is 0.500. The summed E-state index contributed by atoms with van der Waals surface area (Å²) in [5.74, 6) is -4.78. The Morgan fingerprint density at radius 3 is 2.71 bits per heavy atom. The smallest absolute Gasteiger partial charge is 0.394 e. The van der Waals surface area contributed by atoms with Gasteiger partial charge >= 0.3 is 18.2 Å². The number of rotatable bonds is 5. The van der Waals surface area contributed by atoms with Gasteiger partial charge in [-0.05, 0) is 12.1 Å². The first-order chi connectivity index (χ1) is 11.3. The second kappa shape index (κ2) is 7.37. The first-order valence-corrected chi connectivity index (χ1v) is 7.14. The van der Waals surface area contributed by atoms with E-state index in [4.69, 9.17) is 9.84 Å². The number of carboxylic acid groups (broad SMARTS) is 1. The van der Waals surface area contributed by atoms with Crippen molar-refractivity contribution in [2.45, 2.75) is 6.18 Å². The van der Waals surface area contributed by atoms with Gasteiger partial charge in [-0.2, -0.15) is 13.2 Å². The molecule has 1 saturated heterocycles. The van der Waals surface area contributed by atoms with Gasteiger partial charge in [0.2, 0.25) is 0 Å². The predicted octanol–water partition coefficient (Wildman–Crippen LogP) is 1.36. The van der Waals surface area contributed by atoms with E-state index in [1.54, 1.807) is 18.3 Å². The number of pyridine rings is 1. The summed E-state index contributed by atoms with van der Waals surface area (Å²) < 4.78 is 43.8. The van der Waals surface area contributed by atoms with E-state index in [0.717, 1.165) is 4.90 Å². The number of carbonyl (C=O) groups is 2. The van der Waals surface area contributed by atoms with Crippen molar-refractivity contribution < 1.29 is 32.6 Å². The molecule has 10 heteroatoms. The second-order valence-electron chi connectivity index (χ2n) is 5.27. The summed E-state index contributed by atoms with van der Waals surface area (Å²) in [6.45, 7) is -0.973. The van der Waals surface area contributed by atoms with Crippen LogP contribution in [-0.2, 0) is 4.79 Å². The van der Waals surface area contributed by atoms with Crippen molar-refractivity contribution in [1.29, 1.82) is 0 Å².